The van der Waals surface area contributed by atoms with Gasteiger partial charge in [0, 0.05) is 28.3 Å². The van der Waals surface area contributed by atoms with Crippen molar-refractivity contribution in [1.29, 1.82) is 0 Å². The minimum atomic E-state index is -0.287. The molecular weight excluding hydrogens is 583 g/mol. The lowest BCUT2D eigenvalue weighted by Crippen LogP contribution is -2.17. The standard InChI is InChI=1S/C42H43FN2O2/c1-40(2,3)28-20-27(38(46)34(22-28)42(7,8)9)24-44-36-31-13-11-10-12-25(31)16-19-32(36)39-45-37-33(26-14-17-30(43)18-15-26)21-29(41(4,5)6)23-35(37)47-39/h10-24,46H,1-9H3. The van der Waals surface area contributed by atoms with Crippen LogP contribution in [-0.4, -0.2) is 16.3 Å². The summed E-state index contributed by atoms with van der Waals surface area (Å²) >= 11 is 0. The van der Waals surface area contributed by atoms with Crippen LogP contribution in [0.5, 0.6) is 5.75 Å². The molecular formula is C42H43FN2O2. The highest BCUT2D eigenvalue weighted by atomic mass is 19.1. The van der Waals surface area contributed by atoms with Gasteiger partial charge in [0.25, 0.3) is 0 Å². The highest BCUT2D eigenvalue weighted by Gasteiger charge is 2.25. The molecule has 0 bridgehead atoms. The second-order valence-electron chi connectivity index (χ2n) is 15.5. The molecule has 1 aromatic heterocycles. The fourth-order valence-electron chi connectivity index (χ4n) is 5.89. The van der Waals surface area contributed by atoms with Gasteiger partial charge >= 0.3 is 0 Å². The third-order valence-electron chi connectivity index (χ3n) is 8.79. The van der Waals surface area contributed by atoms with Gasteiger partial charge in [-0.1, -0.05) is 111 Å². The summed E-state index contributed by atoms with van der Waals surface area (Å²) in [5, 5.41) is 13.5. The van der Waals surface area contributed by atoms with Crippen molar-refractivity contribution < 1.29 is 13.9 Å². The van der Waals surface area contributed by atoms with Crippen LogP contribution in [0.25, 0.3) is 44.5 Å². The van der Waals surface area contributed by atoms with Crippen LogP contribution in [0.2, 0.25) is 0 Å². The zero-order valence-electron chi connectivity index (χ0n) is 28.8. The number of hydrogen-bond donors (Lipinski definition) is 1. The van der Waals surface area contributed by atoms with E-state index in [9.17, 15) is 9.50 Å². The average molecular weight is 627 g/mol. The second-order valence-corrected chi connectivity index (χ2v) is 15.5. The molecule has 6 rings (SSSR count). The van der Waals surface area contributed by atoms with Gasteiger partial charge in [-0.3, -0.25) is 4.99 Å². The van der Waals surface area contributed by atoms with Gasteiger partial charge in [0.05, 0.1) is 11.3 Å². The number of hydrogen-bond acceptors (Lipinski definition) is 4. The van der Waals surface area contributed by atoms with E-state index in [0.717, 1.165) is 44.2 Å². The number of oxazole rings is 1. The van der Waals surface area contributed by atoms with Crippen LogP contribution in [0.4, 0.5) is 10.1 Å². The average Bonchev–Trinajstić information content (AvgIpc) is 3.43. The van der Waals surface area contributed by atoms with Crippen LogP contribution < -0.4 is 0 Å². The monoisotopic (exact) mass is 626 g/mol. The van der Waals surface area contributed by atoms with E-state index in [1.165, 1.54) is 12.1 Å². The number of aliphatic imine (C=N–C) groups is 1. The molecule has 1 heterocycles. The molecule has 5 heteroatoms. The van der Waals surface area contributed by atoms with E-state index in [2.05, 4.69) is 86.6 Å². The van der Waals surface area contributed by atoms with Crippen molar-refractivity contribution in [2.24, 2.45) is 4.99 Å². The van der Waals surface area contributed by atoms with Gasteiger partial charge in [0.2, 0.25) is 5.89 Å². The first kappa shape index (κ1) is 32.2. The lowest BCUT2D eigenvalue weighted by atomic mass is 9.79. The number of rotatable bonds is 4. The Morgan fingerprint density at radius 1 is 0.723 bits per heavy atom. The third-order valence-corrected chi connectivity index (χ3v) is 8.79. The van der Waals surface area contributed by atoms with Crippen LogP contribution in [-0.2, 0) is 16.2 Å². The zero-order chi connectivity index (χ0) is 33.9. The molecule has 6 aromatic rings. The number of fused-ring (bicyclic) bond motifs is 2. The maximum atomic E-state index is 13.9. The topological polar surface area (TPSA) is 58.6 Å². The van der Waals surface area contributed by atoms with Crippen LogP contribution in [0, 0.1) is 5.82 Å². The summed E-state index contributed by atoms with van der Waals surface area (Å²) in [5.74, 6) is 0.386. The predicted molar refractivity (Wildman–Crippen MR) is 194 cm³/mol. The fourth-order valence-corrected chi connectivity index (χ4v) is 5.89. The van der Waals surface area contributed by atoms with Crippen LogP contribution in [0.3, 0.4) is 0 Å². The van der Waals surface area contributed by atoms with Gasteiger partial charge in [-0.2, -0.15) is 0 Å². The molecule has 0 unspecified atom stereocenters. The molecule has 47 heavy (non-hydrogen) atoms. The molecule has 240 valence electrons. The van der Waals surface area contributed by atoms with Crippen molar-refractivity contribution in [3.63, 3.8) is 0 Å². The maximum absolute atomic E-state index is 13.9. The first-order valence-electron chi connectivity index (χ1n) is 16.2. The van der Waals surface area contributed by atoms with E-state index in [0.29, 0.717) is 28.2 Å². The van der Waals surface area contributed by atoms with Gasteiger partial charge in [0.15, 0.2) is 5.58 Å². The minimum Gasteiger partial charge on any atom is -0.507 e. The molecule has 0 radical (unpaired) electrons. The Labute approximate surface area is 277 Å². The third kappa shape index (κ3) is 6.32. The number of benzene rings is 5. The Morgan fingerprint density at radius 3 is 2.04 bits per heavy atom. The van der Waals surface area contributed by atoms with Gasteiger partial charge in [-0.05, 0) is 74.7 Å². The Bertz CT molecular complexity index is 2150. The highest BCUT2D eigenvalue weighted by Crippen LogP contribution is 2.42. The van der Waals surface area contributed by atoms with Crippen LogP contribution in [0.15, 0.2) is 94.3 Å². The molecule has 0 fully saturated rings. The number of nitrogens with zero attached hydrogens (tertiary/aromatic N) is 2. The van der Waals surface area contributed by atoms with Crippen molar-refractivity contribution in [2.45, 2.75) is 78.6 Å². The van der Waals surface area contributed by atoms with Crippen molar-refractivity contribution in [1.82, 2.24) is 4.98 Å². The quantitative estimate of drug-likeness (QED) is 0.198. The predicted octanol–water partition coefficient (Wildman–Crippen LogP) is 11.8. The van der Waals surface area contributed by atoms with E-state index >= 15 is 0 Å². The van der Waals surface area contributed by atoms with Crippen molar-refractivity contribution in [3.8, 4) is 28.3 Å². The molecule has 0 atom stereocenters. The Balaban J connectivity index is 1.58. The first-order chi connectivity index (χ1) is 22.0. The Morgan fingerprint density at radius 2 is 1.38 bits per heavy atom. The molecule has 0 saturated carbocycles. The van der Waals surface area contributed by atoms with Crippen molar-refractivity contribution in [3.05, 3.63) is 113 Å². The summed E-state index contributed by atoms with van der Waals surface area (Å²) in [5.41, 5.74) is 7.77. The van der Waals surface area contributed by atoms with Crippen LogP contribution >= 0.6 is 0 Å². The summed E-state index contributed by atoms with van der Waals surface area (Å²) in [6, 6.07) is 27.0. The summed E-state index contributed by atoms with van der Waals surface area (Å²) in [6.07, 6.45) is 1.76. The zero-order valence-corrected chi connectivity index (χ0v) is 28.8. The number of phenols is 1. The van der Waals surface area contributed by atoms with E-state index in [1.54, 1.807) is 18.3 Å². The first-order valence-corrected chi connectivity index (χ1v) is 16.2. The van der Waals surface area contributed by atoms with E-state index < -0.39 is 0 Å². The Hall–Kier alpha value is -4.77. The molecule has 0 aliphatic carbocycles. The Kier molecular flexibility index (Phi) is 7.86. The molecule has 5 aromatic carbocycles. The van der Waals surface area contributed by atoms with E-state index in [1.807, 2.05) is 36.4 Å². The van der Waals surface area contributed by atoms with Crippen molar-refractivity contribution in [2.75, 3.05) is 0 Å². The lowest BCUT2D eigenvalue weighted by Gasteiger charge is -2.27. The molecule has 4 nitrogen and oxygen atoms in total. The summed E-state index contributed by atoms with van der Waals surface area (Å²) in [6.45, 7) is 19.3. The summed E-state index contributed by atoms with van der Waals surface area (Å²) in [7, 11) is 0. The van der Waals surface area contributed by atoms with E-state index in [-0.39, 0.29) is 27.8 Å². The minimum absolute atomic E-state index is 0.118. The van der Waals surface area contributed by atoms with Gasteiger partial charge in [-0.25, -0.2) is 9.37 Å². The lowest BCUT2D eigenvalue weighted by molar-refractivity contribution is 0.444. The molecule has 0 aliphatic rings. The maximum Gasteiger partial charge on any atom is 0.229 e. The molecule has 0 saturated heterocycles. The van der Waals surface area contributed by atoms with Crippen molar-refractivity contribution >= 4 is 33.8 Å². The smallest absolute Gasteiger partial charge is 0.229 e. The number of aromatic nitrogens is 1. The number of halogens is 1. The fraction of sp³-hybridized carbons (Fsp3) is 0.286. The normalized spacial score (nSPS) is 12.9. The number of aromatic hydroxyl groups is 1. The largest absolute Gasteiger partial charge is 0.507 e. The number of phenolic OH excluding ortho intramolecular Hbond substituents is 1. The van der Waals surface area contributed by atoms with E-state index in [4.69, 9.17) is 14.4 Å². The van der Waals surface area contributed by atoms with Gasteiger partial charge in [0.1, 0.15) is 17.1 Å². The summed E-state index contributed by atoms with van der Waals surface area (Å²) < 4.78 is 20.5. The molecule has 0 amide bonds. The molecule has 0 aliphatic heterocycles. The van der Waals surface area contributed by atoms with Crippen LogP contribution in [0.1, 0.15) is 84.6 Å². The summed E-state index contributed by atoms with van der Waals surface area (Å²) in [4.78, 5) is 10.1. The van der Waals surface area contributed by atoms with Gasteiger partial charge < -0.3 is 9.52 Å². The molecule has 1 N–H and O–H groups in total. The SMILES string of the molecule is CC(C)(C)c1cc(C=Nc2c(-c3nc4c(-c5ccc(F)cc5)cc(C(C)(C)C)cc4o3)ccc3ccccc23)c(O)c(C(C)(C)C)c1. The van der Waals surface area contributed by atoms with Gasteiger partial charge in [-0.15, -0.1) is 0 Å². The molecule has 0 spiro atoms. The second kappa shape index (κ2) is 11.5. The highest BCUT2D eigenvalue weighted by molar-refractivity contribution is 6.03.